The van der Waals surface area contributed by atoms with Crippen molar-refractivity contribution < 1.29 is 24.2 Å². The van der Waals surface area contributed by atoms with Crippen LogP contribution in [0.25, 0.3) is 0 Å². The zero-order chi connectivity index (χ0) is 18.6. The molecule has 1 fully saturated rings. The van der Waals surface area contributed by atoms with Crippen molar-refractivity contribution in [2.45, 2.75) is 32.2 Å². The van der Waals surface area contributed by atoms with Gasteiger partial charge in [0.2, 0.25) is 0 Å². The van der Waals surface area contributed by atoms with Crippen LogP contribution in [0.1, 0.15) is 36.5 Å². The number of rotatable bonds is 8. The number of non-ortho nitro benzene ring substituents is 2. The summed E-state index contributed by atoms with van der Waals surface area (Å²) < 4.78 is 4.82. The predicted molar refractivity (Wildman–Crippen MR) is 85.1 cm³/mol. The molecule has 1 aliphatic carbocycles. The molecule has 0 saturated heterocycles. The van der Waals surface area contributed by atoms with E-state index in [2.05, 4.69) is 0 Å². The third-order valence-corrected chi connectivity index (χ3v) is 3.68. The average Bonchev–Trinajstić information content (AvgIpc) is 3.39. The van der Waals surface area contributed by atoms with E-state index in [0.717, 1.165) is 31.0 Å². The normalized spacial score (nSPS) is 13.2. The van der Waals surface area contributed by atoms with E-state index < -0.39 is 33.1 Å². The molecule has 2 rings (SSSR count). The van der Waals surface area contributed by atoms with E-state index in [1.165, 1.54) is 4.90 Å². The molecular weight excluding hydrogens is 334 g/mol. The zero-order valence-corrected chi connectivity index (χ0v) is 13.5. The molecule has 10 heteroatoms. The minimum absolute atomic E-state index is 0.00685. The molecule has 0 heterocycles. The lowest BCUT2D eigenvalue weighted by Crippen LogP contribution is -2.35. The summed E-state index contributed by atoms with van der Waals surface area (Å²) in [5.41, 5.74) is -1.20. The van der Waals surface area contributed by atoms with Crippen LogP contribution in [0, 0.1) is 20.2 Å². The van der Waals surface area contributed by atoms with E-state index in [1.807, 2.05) is 0 Å². The Morgan fingerprint density at radius 1 is 1.16 bits per heavy atom. The summed E-state index contributed by atoms with van der Waals surface area (Å²) in [6.45, 7) is 2.00. The highest BCUT2D eigenvalue weighted by molar-refractivity contribution is 5.96. The van der Waals surface area contributed by atoms with E-state index in [9.17, 15) is 29.8 Å². The fraction of sp³-hybridized carbons (Fsp3) is 0.467. The van der Waals surface area contributed by atoms with Gasteiger partial charge in [-0.2, -0.15) is 0 Å². The van der Waals surface area contributed by atoms with Crippen molar-refractivity contribution >= 4 is 23.3 Å². The second-order valence-corrected chi connectivity index (χ2v) is 5.54. The molecule has 0 aromatic heterocycles. The number of amides is 1. The second-order valence-electron chi connectivity index (χ2n) is 5.54. The van der Waals surface area contributed by atoms with E-state index in [0.29, 0.717) is 0 Å². The molecule has 0 aliphatic heterocycles. The first-order chi connectivity index (χ1) is 11.8. The minimum Gasteiger partial charge on any atom is -0.466 e. The molecule has 134 valence electrons. The van der Waals surface area contributed by atoms with Crippen LogP contribution >= 0.6 is 0 Å². The van der Waals surface area contributed by atoms with Crippen molar-refractivity contribution in [2.24, 2.45) is 0 Å². The lowest BCUT2D eigenvalue weighted by Gasteiger charge is -2.22. The summed E-state index contributed by atoms with van der Waals surface area (Å²) in [6.07, 6.45) is 1.50. The Hall–Kier alpha value is -3.04. The van der Waals surface area contributed by atoms with Crippen molar-refractivity contribution in [2.75, 3.05) is 13.2 Å². The van der Waals surface area contributed by atoms with E-state index >= 15 is 0 Å². The molecule has 1 aliphatic rings. The highest BCUT2D eigenvalue weighted by Gasteiger charge is 2.34. The molecule has 0 unspecified atom stereocenters. The second kappa shape index (κ2) is 7.69. The van der Waals surface area contributed by atoms with Crippen molar-refractivity contribution in [3.8, 4) is 0 Å². The van der Waals surface area contributed by atoms with Gasteiger partial charge >= 0.3 is 5.97 Å². The Labute approximate surface area is 142 Å². The van der Waals surface area contributed by atoms with Gasteiger partial charge in [0.05, 0.1) is 34.5 Å². The van der Waals surface area contributed by atoms with Crippen LogP contribution in [-0.4, -0.2) is 45.8 Å². The first-order valence-corrected chi connectivity index (χ1v) is 7.74. The molecule has 1 aromatic carbocycles. The number of benzene rings is 1. The molecule has 1 aromatic rings. The van der Waals surface area contributed by atoms with Crippen molar-refractivity contribution in [3.05, 3.63) is 44.0 Å². The largest absolute Gasteiger partial charge is 0.466 e. The third-order valence-electron chi connectivity index (χ3n) is 3.68. The van der Waals surface area contributed by atoms with Gasteiger partial charge in [0, 0.05) is 24.7 Å². The number of esters is 1. The Bertz CT molecular complexity index is 683. The number of hydrogen-bond acceptors (Lipinski definition) is 7. The molecule has 0 radical (unpaired) electrons. The Morgan fingerprint density at radius 3 is 2.16 bits per heavy atom. The summed E-state index contributed by atoms with van der Waals surface area (Å²) in [4.78, 5) is 45.9. The third kappa shape index (κ3) is 4.72. The highest BCUT2D eigenvalue weighted by Crippen LogP contribution is 2.30. The maximum Gasteiger partial charge on any atom is 0.307 e. The van der Waals surface area contributed by atoms with Crippen LogP contribution in [-0.2, 0) is 9.53 Å². The molecule has 0 N–H and O–H groups in total. The number of carbonyl (C=O) groups excluding carboxylic acids is 2. The van der Waals surface area contributed by atoms with Crippen LogP contribution in [0.4, 0.5) is 11.4 Å². The number of ether oxygens (including phenoxy) is 1. The molecule has 1 saturated carbocycles. The van der Waals surface area contributed by atoms with Gasteiger partial charge in [0.15, 0.2) is 0 Å². The SMILES string of the molecule is CCOC(=O)CCN(C(=O)c1cc([N+](=O)[O-])cc([N+](=O)[O-])c1)C1CC1. The number of nitrogens with zero attached hydrogens (tertiary/aromatic N) is 3. The average molecular weight is 351 g/mol. The van der Waals surface area contributed by atoms with Crippen LogP contribution in [0.5, 0.6) is 0 Å². The van der Waals surface area contributed by atoms with Gasteiger partial charge in [-0.25, -0.2) is 0 Å². The first-order valence-electron chi connectivity index (χ1n) is 7.74. The molecule has 1 amide bonds. The Balaban J connectivity index is 2.24. The van der Waals surface area contributed by atoms with Gasteiger partial charge in [0.25, 0.3) is 17.3 Å². The minimum atomic E-state index is -0.788. The fourth-order valence-electron chi connectivity index (χ4n) is 2.38. The monoisotopic (exact) mass is 351 g/mol. The quantitative estimate of drug-likeness (QED) is 0.397. The van der Waals surface area contributed by atoms with E-state index in [-0.39, 0.29) is 31.2 Å². The standard InChI is InChI=1S/C15H17N3O7/c1-2-25-14(19)5-6-16(11-3-4-11)15(20)10-7-12(17(21)22)9-13(8-10)18(23)24/h7-9,11H,2-6H2,1H3. The maximum atomic E-state index is 12.7. The van der Waals surface area contributed by atoms with Crippen molar-refractivity contribution in [1.82, 2.24) is 4.90 Å². The predicted octanol–water partition coefficient (Wildman–Crippen LogP) is 2.06. The van der Waals surface area contributed by atoms with Gasteiger partial charge in [-0.1, -0.05) is 0 Å². The first kappa shape index (κ1) is 18.3. The van der Waals surface area contributed by atoms with Crippen LogP contribution in [0.2, 0.25) is 0 Å². The zero-order valence-electron chi connectivity index (χ0n) is 13.5. The van der Waals surface area contributed by atoms with E-state index in [4.69, 9.17) is 4.74 Å². The lowest BCUT2D eigenvalue weighted by atomic mass is 10.1. The molecule has 10 nitrogen and oxygen atoms in total. The summed E-state index contributed by atoms with van der Waals surface area (Å²) >= 11 is 0. The number of carbonyl (C=O) groups is 2. The van der Waals surface area contributed by atoms with E-state index in [1.54, 1.807) is 6.92 Å². The fourth-order valence-corrected chi connectivity index (χ4v) is 2.38. The van der Waals surface area contributed by atoms with Crippen molar-refractivity contribution in [1.29, 1.82) is 0 Å². The molecule has 0 atom stereocenters. The summed E-state index contributed by atoms with van der Waals surface area (Å²) in [5.74, 6) is -1.02. The lowest BCUT2D eigenvalue weighted by molar-refractivity contribution is -0.394. The summed E-state index contributed by atoms with van der Waals surface area (Å²) in [6, 6.07) is 2.75. The van der Waals surface area contributed by atoms with Gasteiger partial charge in [-0.15, -0.1) is 0 Å². The number of hydrogen-bond donors (Lipinski definition) is 0. The van der Waals surface area contributed by atoms with Crippen molar-refractivity contribution in [3.63, 3.8) is 0 Å². The smallest absolute Gasteiger partial charge is 0.307 e. The van der Waals surface area contributed by atoms with Crippen LogP contribution in [0.3, 0.4) is 0 Å². The Kier molecular flexibility index (Phi) is 5.63. The summed E-state index contributed by atoms with van der Waals surface area (Å²) in [5, 5.41) is 21.9. The van der Waals surface area contributed by atoms with Gasteiger partial charge in [0.1, 0.15) is 0 Å². The summed E-state index contributed by atoms with van der Waals surface area (Å²) in [7, 11) is 0. The van der Waals surface area contributed by atoms with Gasteiger partial charge in [-0.3, -0.25) is 29.8 Å². The highest BCUT2D eigenvalue weighted by atomic mass is 16.6. The topological polar surface area (TPSA) is 133 Å². The number of nitro benzene ring substituents is 2. The molecule has 0 bridgehead atoms. The van der Waals surface area contributed by atoms with Crippen LogP contribution < -0.4 is 0 Å². The number of nitro groups is 2. The Morgan fingerprint density at radius 2 is 1.72 bits per heavy atom. The van der Waals surface area contributed by atoms with Crippen LogP contribution in [0.15, 0.2) is 18.2 Å². The van der Waals surface area contributed by atoms with Gasteiger partial charge < -0.3 is 9.64 Å². The van der Waals surface area contributed by atoms with Gasteiger partial charge in [-0.05, 0) is 19.8 Å². The molecule has 0 spiro atoms. The maximum absolute atomic E-state index is 12.7. The molecular formula is C15H17N3O7. The molecule has 25 heavy (non-hydrogen) atoms.